The Morgan fingerprint density at radius 2 is 2.44 bits per heavy atom. The van der Waals surface area contributed by atoms with Gasteiger partial charge in [0.25, 0.3) is 0 Å². The number of hydrogen-bond donors (Lipinski definition) is 1. The Morgan fingerprint density at radius 1 is 1.78 bits per heavy atom. The molecule has 1 unspecified atom stereocenters. The molecule has 0 spiro atoms. The fourth-order valence-electron chi connectivity index (χ4n) is 0.775. The van der Waals surface area contributed by atoms with E-state index in [1.807, 2.05) is 6.92 Å². The topological polar surface area (TPSA) is 28.7 Å². The molecule has 0 saturated heterocycles. The van der Waals surface area contributed by atoms with Crippen LogP contribution in [0.2, 0.25) is 0 Å². The molecule has 0 aliphatic heterocycles. The van der Waals surface area contributed by atoms with Gasteiger partial charge in [-0.15, -0.1) is 0 Å². The first kappa shape index (κ1) is 7.05. The third-order valence-corrected chi connectivity index (χ3v) is 1.89. The summed E-state index contributed by atoms with van der Waals surface area (Å²) in [5, 5.41) is 0. The molecule has 0 saturated carbocycles. The smallest absolute Gasteiger partial charge is 0.0925 e. The Hall–Kier alpha value is -0.0600. The highest BCUT2D eigenvalue weighted by Crippen LogP contribution is 2.21. The van der Waals surface area contributed by atoms with Crippen LogP contribution in [-0.2, 0) is 0 Å². The van der Waals surface area contributed by atoms with Gasteiger partial charge in [0.1, 0.15) is 0 Å². The lowest BCUT2D eigenvalue weighted by Gasteiger charge is -1.98. The van der Waals surface area contributed by atoms with Crippen LogP contribution in [0.4, 0.5) is 0 Å². The van der Waals surface area contributed by atoms with Crippen molar-refractivity contribution in [1.29, 1.82) is 0 Å². The highest BCUT2D eigenvalue weighted by atomic mass is 127. The summed E-state index contributed by atoms with van der Waals surface area (Å²) in [5.74, 6) is 0. The van der Waals surface area contributed by atoms with Crippen molar-refractivity contribution >= 4 is 22.6 Å². The van der Waals surface area contributed by atoms with Crippen LogP contribution in [0.25, 0.3) is 0 Å². The average Bonchev–Trinajstić information content (AvgIpc) is 2.13. The summed E-state index contributed by atoms with van der Waals surface area (Å²) in [4.78, 5) is 7.16. The third kappa shape index (κ3) is 1.44. The van der Waals surface area contributed by atoms with Gasteiger partial charge in [-0.1, -0.05) is 22.6 Å². The summed E-state index contributed by atoms with van der Waals surface area (Å²) in [6.45, 7) is 4.15. The molecule has 1 rings (SSSR count). The van der Waals surface area contributed by atoms with Gasteiger partial charge in [-0.2, -0.15) is 0 Å². The van der Waals surface area contributed by atoms with Crippen molar-refractivity contribution in [3.05, 3.63) is 17.7 Å². The van der Waals surface area contributed by atoms with Gasteiger partial charge < -0.3 is 4.98 Å². The summed E-state index contributed by atoms with van der Waals surface area (Å²) in [5.41, 5.74) is 2.34. The quantitative estimate of drug-likeness (QED) is 0.587. The molecule has 0 fully saturated rings. The molecular formula is C6H9IN2. The Bertz CT molecular complexity index is 193. The highest BCUT2D eigenvalue weighted by Gasteiger charge is 2.04. The first-order valence-electron chi connectivity index (χ1n) is 2.85. The number of hydrogen-bond acceptors (Lipinski definition) is 1. The molecule has 9 heavy (non-hydrogen) atoms. The molecule has 2 nitrogen and oxygen atoms in total. The molecule has 1 heterocycles. The molecule has 0 amide bonds. The maximum Gasteiger partial charge on any atom is 0.0925 e. The SMILES string of the molecule is Cc1nc[nH]c1C(C)I. The molecule has 0 radical (unpaired) electrons. The van der Waals surface area contributed by atoms with E-state index in [9.17, 15) is 0 Å². The van der Waals surface area contributed by atoms with Gasteiger partial charge in [0.05, 0.1) is 21.6 Å². The zero-order valence-electron chi connectivity index (χ0n) is 5.48. The van der Waals surface area contributed by atoms with Crippen molar-refractivity contribution in [2.45, 2.75) is 17.8 Å². The minimum absolute atomic E-state index is 0.532. The Morgan fingerprint density at radius 3 is 2.67 bits per heavy atom. The van der Waals surface area contributed by atoms with E-state index >= 15 is 0 Å². The van der Waals surface area contributed by atoms with E-state index in [1.54, 1.807) is 6.33 Å². The minimum Gasteiger partial charge on any atom is -0.347 e. The molecule has 3 heteroatoms. The molecular weight excluding hydrogens is 227 g/mol. The number of halogens is 1. The number of aromatic nitrogens is 2. The number of aryl methyl sites for hydroxylation is 1. The number of nitrogens with zero attached hydrogens (tertiary/aromatic N) is 1. The lowest BCUT2D eigenvalue weighted by atomic mass is 10.3. The Balaban J connectivity index is 2.94. The molecule has 1 aromatic rings. The van der Waals surface area contributed by atoms with E-state index in [1.165, 1.54) is 5.69 Å². The van der Waals surface area contributed by atoms with Crippen molar-refractivity contribution in [3.63, 3.8) is 0 Å². The molecule has 1 aromatic heterocycles. The van der Waals surface area contributed by atoms with E-state index in [-0.39, 0.29) is 0 Å². The van der Waals surface area contributed by atoms with Gasteiger partial charge in [-0.05, 0) is 13.8 Å². The summed E-state index contributed by atoms with van der Waals surface area (Å²) in [6, 6.07) is 0. The monoisotopic (exact) mass is 236 g/mol. The van der Waals surface area contributed by atoms with Crippen LogP contribution in [0, 0.1) is 6.92 Å². The van der Waals surface area contributed by atoms with Crippen molar-refractivity contribution < 1.29 is 0 Å². The first-order valence-corrected chi connectivity index (χ1v) is 4.10. The van der Waals surface area contributed by atoms with Gasteiger partial charge in [-0.25, -0.2) is 4.98 Å². The van der Waals surface area contributed by atoms with E-state index < -0.39 is 0 Å². The first-order chi connectivity index (χ1) is 4.22. The van der Waals surface area contributed by atoms with Gasteiger partial charge in [0.2, 0.25) is 0 Å². The predicted octanol–water partition coefficient (Wildman–Crippen LogP) is 2.21. The molecule has 1 N–H and O–H groups in total. The van der Waals surface area contributed by atoms with Crippen molar-refractivity contribution in [2.24, 2.45) is 0 Å². The standard InChI is InChI=1S/C6H9IN2/c1-4(7)6-5(2)8-3-9-6/h3-4H,1-2H3,(H,8,9). The van der Waals surface area contributed by atoms with Crippen molar-refractivity contribution in [1.82, 2.24) is 9.97 Å². The van der Waals surface area contributed by atoms with Crippen molar-refractivity contribution in [2.75, 3.05) is 0 Å². The van der Waals surface area contributed by atoms with Gasteiger partial charge >= 0.3 is 0 Å². The van der Waals surface area contributed by atoms with Crippen LogP contribution in [0.3, 0.4) is 0 Å². The summed E-state index contributed by atoms with van der Waals surface area (Å²) in [6.07, 6.45) is 1.74. The van der Waals surface area contributed by atoms with Crippen LogP contribution in [0.5, 0.6) is 0 Å². The number of H-pyrrole nitrogens is 1. The zero-order chi connectivity index (χ0) is 6.85. The van der Waals surface area contributed by atoms with Crippen molar-refractivity contribution in [3.8, 4) is 0 Å². The number of rotatable bonds is 1. The van der Waals surface area contributed by atoms with Gasteiger partial charge in [0.15, 0.2) is 0 Å². The number of aromatic amines is 1. The molecule has 0 aromatic carbocycles. The maximum atomic E-state index is 4.08. The number of nitrogens with one attached hydrogen (secondary N) is 1. The largest absolute Gasteiger partial charge is 0.347 e. The second kappa shape index (κ2) is 2.68. The normalized spacial score (nSPS) is 13.7. The number of imidazole rings is 1. The third-order valence-electron chi connectivity index (χ3n) is 1.27. The fourth-order valence-corrected chi connectivity index (χ4v) is 1.41. The Labute approximate surface area is 68.2 Å². The highest BCUT2D eigenvalue weighted by molar-refractivity contribution is 14.1. The van der Waals surface area contributed by atoms with E-state index in [4.69, 9.17) is 0 Å². The lowest BCUT2D eigenvalue weighted by molar-refractivity contribution is 1.05. The second-order valence-corrected chi connectivity index (χ2v) is 3.89. The summed E-state index contributed by atoms with van der Waals surface area (Å²) < 4.78 is 0.532. The maximum absolute atomic E-state index is 4.08. The average molecular weight is 236 g/mol. The van der Waals surface area contributed by atoms with Crippen LogP contribution >= 0.6 is 22.6 Å². The summed E-state index contributed by atoms with van der Waals surface area (Å²) in [7, 11) is 0. The van der Waals surface area contributed by atoms with Crippen LogP contribution in [-0.4, -0.2) is 9.97 Å². The van der Waals surface area contributed by atoms with Gasteiger partial charge in [-0.3, -0.25) is 0 Å². The molecule has 1 atom stereocenters. The zero-order valence-corrected chi connectivity index (χ0v) is 7.64. The van der Waals surface area contributed by atoms with Crippen LogP contribution < -0.4 is 0 Å². The molecule has 50 valence electrons. The van der Waals surface area contributed by atoms with E-state index in [2.05, 4.69) is 39.5 Å². The molecule has 0 aliphatic carbocycles. The van der Waals surface area contributed by atoms with E-state index in [0.717, 1.165) is 5.69 Å². The minimum atomic E-state index is 0.532. The second-order valence-electron chi connectivity index (χ2n) is 2.02. The fraction of sp³-hybridized carbons (Fsp3) is 0.500. The predicted molar refractivity (Wildman–Crippen MR) is 45.8 cm³/mol. The van der Waals surface area contributed by atoms with Crippen LogP contribution in [0.15, 0.2) is 6.33 Å². The lowest BCUT2D eigenvalue weighted by Crippen LogP contribution is -1.85. The molecule has 0 aliphatic rings. The van der Waals surface area contributed by atoms with E-state index in [0.29, 0.717) is 3.92 Å². The summed E-state index contributed by atoms with van der Waals surface area (Å²) >= 11 is 2.36. The van der Waals surface area contributed by atoms with Crippen LogP contribution in [0.1, 0.15) is 22.2 Å². The number of alkyl halides is 1. The molecule has 0 bridgehead atoms. The Kier molecular flexibility index (Phi) is 2.10. The van der Waals surface area contributed by atoms with Gasteiger partial charge in [0, 0.05) is 0 Å².